The number of nitrogens with two attached hydrogens (primary N) is 1. The Bertz CT molecular complexity index is 513. The number of benzene rings is 1. The summed E-state index contributed by atoms with van der Waals surface area (Å²) in [6.45, 7) is 0.442. The van der Waals surface area contributed by atoms with Gasteiger partial charge in [-0.05, 0) is 40.2 Å². The van der Waals surface area contributed by atoms with Crippen LogP contribution in [0.15, 0.2) is 45.5 Å². The molecule has 1 aromatic heterocycles. The summed E-state index contributed by atoms with van der Waals surface area (Å²) in [6.07, 6.45) is 0. The molecule has 0 aliphatic heterocycles. The van der Waals surface area contributed by atoms with Crippen LogP contribution in [-0.2, 0) is 0 Å². The Balaban J connectivity index is 2.14. The van der Waals surface area contributed by atoms with Gasteiger partial charge >= 0.3 is 0 Å². The second-order valence-corrected chi connectivity index (χ2v) is 4.59. The minimum absolute atomic E-state index is 0.0663. The fourth-order valence-electron chi connectivity index (χ4n) is 1.68. The van der Waals surface area contributed by atoms with E-state index < -0.39 is 0 Å². The zero-order chi connectivity index (χ0) is 13.0. The molecule has 0 saturated heterocycles. The molecule has 0 aliphatic carbocycles. The molecule has 1 atom stereocenters. The molecule has 2 rings (SSSR count). The van der Waals surface area contributed by atoms with E-state index in [1.807, 2.05) is 36.4 Å². The summed E-state index contributed by atoms with van der Waals surface area (Å²) in [5, 5.41) is 3.31. The summed E-state index contributed by atoms with van der Waals surface area (Å²) in [4.78, 5) is 0. The van der Waals surface area contributed by atoms with Crippen LogP contribution in [0.5, 0.6) is 5.75 Å². The van der Waals surface area contributed by atoms with Gasteiger partial charge in [0.25, 0.3) is 0 Å². The fourth-order valence-corrected chi connectivity index (χ4v) is 1.99. The van der Waals surface area contributed by atoms with Crippen molar-refractivity contribution < 1.29 is 9.15 Å². The molecule has 96 valence electrons. The average Bonchev–Trinajstić information content (AvgIpc) is 2.82. The van der Waals surface area contributed by atoms with Crippen molar-refractivity contribution in [3.63, 3.8) is 0 Å². The highest BCUT2D eigenvalue weighted by atomic mass is 79.9. The summed E-state index contributed by atoms with van der Waals surface area (Å²) >= 11 is 3.28. The molecule has 1 aromatic carbocycles. The van der Waals surface area contributed by atoms with Gasteiger partial charge < -0.3 is 20.2 Å². The molecular formula is C13H15BrN2O2. The average molecular weight is 311 g/mol. The topological polar surface area (TPSA) is 60.4 Å². The highest BCUT2D eigenvalue weighted by Gasteiger charge is 2.13. The number of anilines is 1. The van der Waals surface area contributed by atoms with Crippen molar-refractivity contribution in [2.75, 3.05) is 19.0 Å². The van der Waals surface area contributed by atoms with E-state index in [2.05, 4.69) is 21.2 Å². The number of furan rings is 1. The van der Waals surface area contributed by atoms with E-state index in [4.69, 9.17) is 14.9 Å². The van der Waals surface area contributed by atoms with E-state index in [0.717, 1.165) is 17.2 Å². The lowest BCUT2D eigenvalue weighted by Gasteiger charge is -2.16. The molecule has 0 fully saturated rings. The third-order valence-corrected chi connectivity index (χ3v) is 3.01. The van der Waals surface area contributed by atoms with Crippen LogP contribution in [0, 0.1) is 0 Å². The first-order chi connectivity index (χ1) is 8.72. The quantitative estimate of drug-likeness (QED) is 0.890. The Kier molecular flexibility index (Phi) is 4.28. The maximum atomic E-state index is 5.76. The predicted molar refractivity (Wildman–Crippen MR) is 74.8 cm³/mol. The van der Waals surface area contributed by atoms with Crippen LogP contribution in [0.4, 0.5) is 5.69 Å². The molecule has 0 radical (unpaired) electrons. The smallest absolute Gasteiger partial charge is 0.169 e. The van der Waals surface area contributed by atoms with Gasteiger partial charge in [-0.2, -0.15) is 0 Å². The van der Waals surface area contributed by atoms with E-state index in [0.29, 0.717) is 11.2 Å². The SMILES string of the molecule is COc1cccc(NC(CN)c2ccc(Br)o2)c1. The van der Waals surface area contributed by atoms with Gasteiger partial charge in [0.2, 0.25) is 0 Å². The van der Waals surface area contributed by atoms with Gasteiger partial charge in [-0.3, -0.25) is 0 Å². The largest absolute Gasteiger partial charge is 0.497 e. The molecule has 5 heteroatoms. The first-order valence-electron chi connectivity index (χ1n) is 5.59. The molecule has 1 unspecified atom stereocenters. The minimum atomic E-state index is -0.0663. The van der Waals surface area contributed by atoms with E-state index >= 15 is 0 Å². The monoisotopic (exact) mass is 310 g/mol. The van der Waals surface area contributed by atoms with Crippen molar-refractivity contribution in [3.05, 3.63) is 46.8 Å². The highest BCUT2D eigenvalue weighted by molar-refractivity contribution is 9.10. The first-order valence-corrected chi connectivity index (χ1v) is 6.38. The van der Waals surface area contributed by atoms with Crippen molar-refractivity contribution in [3.8, 4) is 5.75 Å². The van der Waals surface area contributed by atoms with Crippen LogP contribution in [0.1, 0.15) is 11.8 Å². The van der Waals surface area contributed by atoms with Gasteiger partial charge in [0.05, 0.1) is 13.2 Å². The molecule has 1 heterocycles. The van der Waals surface area contributed by atoms with Crippen LogP contribution in [0.2, 0.25) is 0 Å². The van der Waals surface area contributed by atoms with Gasteiger partial charge in [-0.1, -0.05) is 6.07 Å². The minimum Gasteiger partial charge on any atom is -0.497 e. The molecule has 0 amide bonds. The third-order valence-electron chi connectivity index (χ3n) is 2.58. The van der Waals surface area contributed by atoms with Crippen LogP contribution in [-0.4, -0.2) is 13.7 Å². The molecule has 0 saturated carbocycles. The predicted octanol–water partition coefficient (Wildman–Crippen LogP) is 3.16. The van der Waals surface area contributed by atoms with Crippen LogP contribution in [0.25, 0.3) is 0 Å². The molecular weight excluding hydrogens is 296 g/mol. The van der Waals surface area contributed by atoms with Gasteiger partial charge in [0, 0.05) is 18.3 Å². The molecule has 0 bridgehead atoms. The van der Waals surface area contributed by atoms with Crippen LogP contribution in [0.3, 0.4) is 0 Å². The van der Waals surface area contributed by atoms with Crippen LogP contribution < -0.4 is 15.8 Å². The molecule has 4 nitrogen and oxygen atoms in total. The maximum absolute atomic E-state index is 5.76. The third kappa shape index (κ3) is 3.05. The Morgan fingerprint density at radius 1 is 1.39 bits per heavy atom. The Hall–Kier alpha value is -1.46. The molecule has 0 spiro atoms. The Morgan fingerprint density at radius 2 is 2.22 bits per heavy atom. The Labute approximate surface area is 114 Å². The van der Waals surface area contributed by atoms with Crippen molar-refractivity contribution in [1.82, 2.24) is 0 Å². The lowest BCUT2D eigenvalue weighted by molar-refractivity contribution is 0.415. The van der Waals surface area contributed by atoms with Gasteiger partial charge in [-0.25, -0.2) is 0 Å². The number of ether oxygens (including phenoxy) is 1. The number of rotatable bonds is 5. The second-order valence-electron chi connectivity index (χ2n) is 3.81. The number of methoxy groups -OCH3 is 1. The summed E-state index contributed by atoms with van der Waals surface area (Å²) in [7, 11) is 1.64. The lowest BCUT2D eigenvalue weighted by atomic mass is 10.2. The molecule has 0 aliphatic rings. The molecule has 3 N–H and O–H groups in total. The zero-order valence-electron chi connectivity index (χ0n) is 10.0. The normalized spacial score (nSPS) is 12.2. The van der Waals surface area contributed by atoms with E-state index in [1.54, 1.807) is 7.11 Å². The zero-order valence-corrected chi connectivity index (χ0v) is 11.6. The van der Waals surface area contributed by atoms with Gasteiger partial charge in [0.1, 0.15) is 11.5 Å². The molecule has 2 aromatic rings. The fraction of sp³-hybridized carbons (Fsp3) is 0.231. The summed E-state index contributed by atoms with van der Waals surface area (Å²) in [6, 6.07) is 11.4. The highest BCUT2D eigenvalue weighted by Crippen LogP contribution is 2.25. The molecule has 18 heavy (non-hydrogen) atoms. The summed E-state index contributed by atoms with van der Waals surface area (Å²) < 4.78 is 11.4. The van der Waals surface area contributed by atoms with Gasteiger partial charge in [-0.15, -0.1) is 0 Å². The number of hydrogen-bond donors (Lipinski definition) is 2. The lowest BCUT2D eigenvalue weighted by Crippen LogP contribution is -2.20. The van der Waals surface area contributed by atoms with E-state index in [-0.39, 0.29) is 6.04 Å². The van der Waals surface area contributed by atoms with Gasteiger partial charge in [0.15, 0.2) is 4.67 Å². The number of nitrogens with one attached hydrogen (secondary N) is 1. The standard InChI is InChI=1S/C13H15BrN2O2/c1-17-10-4-2-3-9(7-10)16-11(8-15)12-5-6-13(14)18-12/h2-7,11,16H,8,15H2,1H3. The van der Waals surface area contributed by atoms with E-state index in [9.17, 15) is 0 Å². The van der Waals surface area contributed by atoms with E-state index in [1.165, 1.54) is 0 Å². The summed E-state index contributed by atoms with van der Waals surface area (Å²) in [5.74, 6) is 1.60. The van der Waals surface area contributed by atoms with Crippen LogP contribution >= 0.6 is 15.9 Å². The summed E-state index contributed by atoms with van der Waals surface area (Å²) in [5.41, 5.74) is 6.71. The van der Waals surface area contributed by atoms with Crippen molar-refractivity contribution in [2.45, 2.75) is 6.04 Å². The second kappa shape index (κ2) is 5.93. The van der Waals surface area contributed by atoms with Crippen molar-refractivity contribution >= 4 is 21.6 Å². The van der Waals surface area contributed by atoms with Crippen molar-refractivity contribution in [2.24, 2.45) is 5.73 Å². The maximum Gasteiger partial charge on any atom is 0.169 e. The first kappa shape index (κ1) is 13.0. The Morgan fingerprint density at radius 3 is 2.83 bits per heavy atom. The number of halogens is 1. The number of hydrogen-bond acceptors (Lipinski definition) is 4. The van der Waals surface area contributed by atoms with Crippen molar-refractivity contribution in [1.29, 1.82) is 0 Å².